The molecule has 0 aromatic carbocycles. The van der Waals surface area contributed by atoms with Gasteiger partial charge in [0.2, 0.25) is 0 Å². The number of amides is 1. The molecule has 2 aromatic heterocycles. The summed E-state index contributed by atoms with van der Waals surface area (Å²) in [4.78, 5) is 19.1. The van der Waals surface area contributed by atoms with Crippen molar-refractivity contribution >= 4 is 11.6 Å². The van der Waals surface area contributed by atoms with Gasteiger partial charge in [0.05, 0.1) is 18.4 Å². The van der Waals surface area contributed by atoms with Crippen LogP contribution in [0.1, 0.15) is 35.6 Å². The second-order valence-electron chi connectivity index (χ2n) is 5.80. The van der Waals surface area contributed by atoms with Gasteiger partial charge in [-0.1, -0.05) is 0 Å². The maximum Gasteiger partial charge on any atom is 0.259 e. The largest absolute Gasteiger partial charge is 0.372 e. The van der Waals surface area contributed by atoms with Crippen LogP contribution in [0.15, 0.2) is 12.3 Å². The van der Waals surface area contributed by atoms with Gasteiger partial charge < -0.3 is 9.64 Å². The van der Waals surface area contributed by atoms with Crippen molar-refractivity contribution in [3.05, 3.63) is 29.2 Å². The summed E-state index contributed by atoms with van der Waals surface area (Å²) >= 11 is 0. The van der Waals surface area contributed by atoms with Crippen LogP contribution in [0.3, 0.4) is 0 Å². The first kappa shape index (κ1) is 14.0. The van der Waals surface area contributed by atoms with Crippen LogP contribution in [0.5, 0.6) is 0 Å². The third kappa shape index (κ3) is 2.51. The lowest BCUT2D eigenvalue weighted by molar-refractivity contribution is -0.0585. The van der Waals surface area contributed by atoms with Gasteiger partial charge in [-0.15, -0.1) is 0 Å². The molecule has 0 aliphatic carbocycles. The van der Waals surface area contributed by atoms with E-state index < -0.39 is 0 Å². The number of hydrogen-bond donors (Lipinski definition) is 0. The second kappa shape index (κ2) is 5.11. The molecular weight excluding hydrogens is 268 g/mol. The predicted octanol–water partition coefficient (Wildman–Crippen LogP) is 1.60. The zero-order chi connectivity index (χ0) is 15.1. The first-order valence-corrected chi connectivity index (χ1v) is 7.22. The Morgan fingerprint density at radius 1 is 1.29 bits per heavy atom. The van der Waals surface area contributed by atoms with Crippen molar-refractivity contribution in [2.45, 2.75) is 39.9 Å². The van der Waals surface area contributed by atoms with Crippen LogP contribution in [0, 0.1) is 13.8 Å². The lowest BCUT2D eigenvalue weighted by atomic mass is 10.2. The van der Waals surface area contributed by atoms with Gasteiger partial charge in [-0.25, -0.2) is 9.50 Å². The highest BCUT2D eigenvalue weighted by molar-refractivity contribution is 5.99. The quantitative estimate of drug-likeness (QED) is 0.799. The van der Waals surface area contributed by atoms with E-state index >= 15 is 0 Å². The molecule has 0 unspecified atom stereocenters. The van der Waals surface area contributed by atoms with E-state index in [1.165, 1.54) is 0 Å². The number of aromatic nitrogens is 3. The molecule has 6 nitrogen and oxygen atoms in total. The minimum Gasteiger partial charge on any atom is -0.372 e. The molecule has 0 radical (unpaired) electrons. The van der Waals surface area contributed by atoms with Crippen LogP contribution < -0.4 is 0 Å². The van der Waals surface area contributed by atoms with E-state index in [1.54, 1.807) is 10.7 Å². The summed E-state index contributed by atoms with van der Waals surface area (Å²) < 4.78 is 7.40. The summed E-state index contributed by atoms with van der Waals surface area (Å²) in [7, 11) is 0. The Balaban J connectivity index is 1.98. The summed E-state index contributed by atoms with van der Waals surface area (Å²) in [6.45, 7) is 9.06. The molecule has 1 amide bonds. The smallest absolute Gasteiger partial charge is 0.259 e. The normalized spacial score (nSPS) is 22.8. The molecule has 2 aromatic rings. The van der Waals surface area contributed by atoms with Gasteiger partial charge in [0, 0.05) is 24.5 Å². The van der Waals surface area contributed by atoms with Crippen LogP contribution >= 0.6 is 0 Å². The van der Waals surface area contributed by atoms with Crippen molar-refractivity contribution < 1.29 is 9.53 Å². The van der Waals surface area contributed by atoms with Crippen LogP contribution in [0.25, 0.3) is 5.65 Å². The van der Waals surface area contributed by atoms with Gasteiger partial charge >= 0.3 is 0 Å². The second-order valence-corrected chi connectivity index (χ2v) is 5.80. The van der Waals surface area contributed by atoms with Crippen molar-refractivity contribution in [2.75, 3.05) is 13.1 Å². The standard InChI is InChI=1S/C15H20N4O2/c1-9-5-10(2)19-14(17-9)13(6-16-19)15(20)18-7-11(3)21-12(4)8-18/h5-6,11-12H,7-8H2,1-4H3/t11-,12-/m1/s1. The molecule has 0 N–H and O–H groups in total. The van der Waals surface area contributed by atoms with Gasteiger partial charge in [0.1, 0.15) is 5.56 Å². The minimum absolute atomic E-state index is 0.0236. The molecule has 6 heteroatoms. The Bertz CT molecular complexity index is 684. The van der Waals surface area contributed by atoms with E-state index in [-0.39, 0.29) is 18.1 Å². The zero-order valence-corrected chi connectivity index (χ0v) is 12.8. The molecule has 0 bridgehead atoms. The third-order valence-corrected chi connectivity index (χ3v) is 3.72. The van der Waals surface area contributed by atoms with Gasteiger partial charge in [0.25, 0.3) is 5.91 Å². The third-order valence-electron chi connectivity index (χ3n) is 3.72. The van der Waals surface area contributed by atoms with Crippen molar-refractivity contribution in [1.82, 2.24) is 19.5 Å². The number of nitrogens with zero attached hydrogens (tertiary/aromatic N) is 4. The summed E-state index contributed by atoms with van der Waals surface area (Å²) in [5, 5.41) is 4.29. The van der Waals surface area contributed by atoms with Crippen molar-refractivity contribution in [3.8, 4) is 0 Å². The van der Waals surface area contributed by atoms with Crippen molar-refractivity contribution in [3.63, 3.8) is 0 Å². The lowest BCUT2D eigenvalue weighted by Crippen LogP contribution is -2.48. The summed E-state index contributed by atoms with van der Waals surface area (Å²) in [6.07, 6.45) is 1.72. The minimum atomic E-state index is -0.0236. The maximum absolute atomic E-state index is 12.8. The molecule has 0 saturated carbocycles. The maximum atomic E-state index is 12.8. The molecule has 1 fully saturated rings. The Kier molecular flexibility index (Phi) is 3.41. The number of carbonyl (C=O) groups excluding carboxylic acids is 1. The summed E-state index contributed by atoms with van der Waals surface area (Å²) in [6, 6.07) is 1.95. The van der Waals surface area contributed by atoms with E-state index in [1.807, 2.05) is 38.7 Å². The van der Waals surface area contributed by atoms with Crippen molar-refractivity contribution in [1.29, 1.82) is 0 Å². The number of ether oxygens (including phenoxy) is 1. The van der Waals surface area contributed by atoms with Gasteiger partial charge in [-0.2, -0.15) is 5.10 Å². The molecule has 3 rings (SSSR count). The number of morpholine rings is 1. The average Bonchev–Trinajstić information content (AvgIpc) is 2.80. The van der Waals surface area contributed by atoms with E-state index in [0.717, 1.165) is 11.4 Å². The molecule has 3 heterocycles. The van der Waals surface area contributed by atoms with Crippen LogP contribution in [0.4, 0.5) is 0 Å². The molecule has 21 heavy (non-hydrogen) atoms. The zero-order valence-electron chi connectivity index (χ0n) is 12.8. The number of aryl methyl sites for hydroxylation is 2. The molecule has 0 spiro atoms. The topological polar surface area (TPSA) is 59.7 Å². The SMILES string of the molecule is Cc1cc(C)n2ncc(C(=O)N3C[C@@H](C)O[C@H](C)C3)c2n1. The van der Waals surface area contributed by atoms with E-state index in [0.29, 0.717) is 24.3 Å². The van der Waals surface area contributed by atoms with E-state index in [9.17, 15) is 4.79 Å². The fourth-order valence-electron chi connectivity index (χ4n) is 2.94. The highest BCUT2D eigenvalue weighted by atomic mass is 16.5. The Morgan fingerprint density at radius 3 is 2.62 bits per heavy atom. The number of hydrogen-bond acceptors (Lipinski definition) is 4. The molecule has 1 saturated heterocycles. The average molecular weight is 288 g/mol. The van der Waals surface area contributed by atoms with Gasteiger partial charge in [-0.3, -0.25) is 4.79 Å². The Hall–Kier alpha value is -1.95. The first-order chi connectivity index (χ1) is 9.95. The van der Waals surface area contributed by atoms with Gasteiger partial charge in [-0.05, 0) is 33.8 Å². The predicted molar refractivity (Wildman–Crippen MR) is 78.4 cm³/mol. The van der Waals surface area contributed by atoms with Gasteiger partial charge in [0.15, 0.2) is 5.65 Å². The monoisotopic (exact) mass is 288 g/mol. The highest BCUT2D eigenvalue weighted by Crippen LogP contribution is 2.18. The summed E-state index contributed by atoms with van der Waals surface area (Å²) in [5.74, 6) is -0.0236. The highest BCUT2D eigenvalue weighted by Gasteiger charge is 2.28. The summed E-state index contributed by atoms with van der Waals surface area (Å²) in [5.41, 5.74) is 3.05. The number of fused-ring (bicyclic) bond motifs is 1. The number of carbonyl (C=O) groups is 1. The molecule has 2 atom stereocenters. The van der Waals surface area contributed by atoms with E-state index in [2.05, 4.69) is 10.1 Å². The van der Waals surface area contributed by atoms with Crippen LogP contribution in [-0.4, -0.2) is 50.7 Å². The van der Waals surface area contributed by atoms with Crippen LogP contribution in [-0.2, 0) is 4.74 Å². The van der Waals surface area contributed by atoms with Crippen molar-refractivity contribution in [2.24, 2.45) is 0 Å². The fourth-order valence-corrected chi connectivity index (χ4v) is 2.94. The Labute approximate surface area is 123 Å². The Morgan fingerprint density at radius 2 is 1.95 bits per heavy atom. The van der Waals surface area contributed by atoms with E-state index in [4.69, 9.17) is 4.74 Å². The molecular formula is C15H20N4O2. The van der Waals surface area contributed by atoms with Crippen LogP contribution in [0.2, 0.25) is 0 Å². The first-order valence-electron chi connectivity index (χ1n) is 7.22. The number of rotatable bonds is 1. The molecule has 1 aliphatic rings. The molecule has 1 aliphatic heterocycles. The lowest BCUT2D eigenvalue weighted by Gasteiger charge is -2.35. The molecule has 112 valence electrons. The fraction of sp³-hybridized carbons (Fsp3) is 0.533.